The van der Waals surface area contributed by atoms with Crippen LogP contribution in [0.5, 0.6) is 5.75 Å². The van der Waals surface area contributed by atoms with E-state index in [0.717, 1.165) is 44.9 Å². The van der Waals surface area contributed by atoms with Gasteiger partial charge in [0, 0.05) is 32.0 Å². The molecule has 1 aromatic rings. The van der Waals surface area contributed by atoms with Crippen molar-refractivity contribution in [1.82, 2.24) is 10.2 Å². The highest BCUT2D eigenvalue weighted by Gasteiger charge is 2.39. The molecule has 10 nitrogen and oxygen atoms in total. The largest absolute Gasteiger partial charge is 0.507 e. The van der Waals surface area contributed by atoms with Crippen LogP contribution >= 0.6 is 0 Å². The minimum atomic E-state index is -1.08. The van der Waals surface area contributed by atoms with Crippen LogP contribution in [0.15, 0.2) is 46.8 Å². The summed E-state index contributed by atoms with van der Waals surface area (Å²) in [5.74, 6) is 1.15. The number of aliphatic hydroxyl groups excluding tert-OH is 1. The number of amides is 2. The molecule has 0 saturated heterocycles. The summed E-state index contributed by atoms with van der Waals surface area (Å²) in [6, 6.07) is 5.50. The molecular weight excluding hydrogens is 548 g/mol. The number of carbonyl (C=O) groups is 3. The molecule has 0 radical (unpaired) electrons. The van der Waals surface area contributed by atoms with Gasteiger partial charge < -0.3 is 25.2 Å². The third-order valence-corrected chi connectivity index (χ3v) is 7.95. The summed E-state index contributed by atoms with van der Waals surface area (Å²) in [6.07, 6.45) is 17.7. The molecule has 2 aliphatic heterocycles. The third kappa shape index (κ3) is 10.8. The van der Waals surface area contributed by atoms with Crippen molar-refractivity contribution < 1.29 is 29.3 Å². The van der Waals surface area contributed by atoms with Crippen LogP contribution in [-0.2, 0) is 14.3 Å². The predicted molar refractivity (Wildman–Crippen MR) is 163 cm³/mol. The Labute approximate surface area is 255 Å². The van der Waals surface area contributed by atoms with Gasteiger partial charge in [-0.15, -0.1) is 12.3 Å². The number of esters is 1. The summed E-state index contributed by atoms with van der Waals surface area (Å²) < 4.78 is 5.95. The molecule has 2 amide bonds. The van der Waals surface area contributed by atoms with Gasteiger partial charge in [0.25, 0.3) is 5.91 Å². The first-order valence-electron chi connectivity index (χ1n) is 15.6. The number of benzene rings is 1. The van der Waals surface area contributed by atoms with E-state index in [4.69, 9.17) is 11.2 Å². The van der Waals surface area contributed by atoms with Crippen molar-refractivity contribution in [2.45, 2.75) is 121 Å². The number of hydrogen-bond donors (Lipinski definition) is 3. The highest BCUT2D eigenvalue weighted by atomic mass is 16.5. The fourth-order valence-electron chi connectivity index (χ4n) is 5.23. The van der Waals surface area contributed by atoms with Crippen molar-refractivity contribution in [3.05, 3.63) is 42.1 Å². The third-order valence-electron chi connectivity index (χ3n) is 7.95. The van der Waals surface area contributed by atoms with Gasteiger partial charge in [-0.2, -0.15) is 10.2 Å². The minimum Gasteiger partial charge on any atom is -0.507 e. The molecule has 3 rings (SSSR count). The van der Waals surface area contributed by atoms with Crippen molar-refractivity contribution in [2.75, 3.05) is 6.54 Å². The lowest BCUT2D eigenvalue weighted by Gasteiger charge is -2.26. The molecule has 10 heteroatoms. The van der Waals surface area contributed by atoms with E-state index in [0.29, 0.717) is 51.5 Å². The number of aromatic hydroxyl groups is 1. The summed E-state index contributed by atoms with van der Waals surface area (Å²) in [7, 11) is 0. The maximum atomic E-state index is 13.2. The Hall–Kier alpha value is -3.71. The molecule has 234 valence electrons. The van der Waals surface area contributed by atoms with Crippen molar-refractivity contribution in [1.29, 1.82) is 0 Å². The first-order chi connectivity index (χ1) is 20.8. The van der Waals surface area contributed by atoms with E-state index >= 15 is 0 Å². The van der Waals surface area contributed by atoms with Crippen molar-refractivity contribution in [2.24, 2.45) is 10.2 Å². The fraction of sp³-hybridized carbons (Fsp3) is 0.606. The molecule has 43 heavy (non-hydrogen) atoms. The summed E-state index contributed by atoms with van der Waals surface area (Å²) in [4.78, 5) is 39.9. The van der Waals surface area contributed by atoms with Crippen molar-refractivity contribution in [3.8, 4) is 18.1 Å². The Balaban J connectivity index is 1.41. The van der Waals surface area contributed by atoms with Crippen LogP contribution in [0.1, 0.15) is 107 Å². The molecule has 0 aliphatic carbocycles. The second kappa shape index (κ2) is 17.4. The lowest BCUT2D eigenvalue weighted by atomic mass is 10.0. The average Bonchev–Trinajstić information content (AvgIpc) is 3.59. The zero-order chi connectivity index (χ0) is 31.1. The van der Waals surface area contributed by atoms with Gasteiger partial charge in [0.2, 0.25) is 5.91 Å². The Morgan fingerprint density at radius 3 is 2.47 bits per heavy atom. The van der Waals surface area contributed by atoms with Gasteiger partial charge in [-0.25, -0.2) is 4.79 Å². The highest BCUT2D eigenvalue weighted by molar-refractivity contribution is 6.00. The topological polar surface area (TPSA) is 141 Å². The van der Waals surface area contributed by atoms with Crippen molar-refractivity contribution in [3.63, 3.8) is 0 Å². The fourth-order valence-corrected chi connectivity index (χ4v) is 5.23. The number of carbonyl (C=O) groups excluding carboxylic acids is 3. The smallest absolute Gasteiger partial charge is 0.329 e. The number of phenols is 1. The molecule has 0 saturated carbocycles. The van der Waals surface area contributed by atoms with E-state index in [1.165, 1.54) is 17.0 Å². The number of hydrogen-bond acceptors (Lipinski definition) is 8. The number of unbranched alkanes of at least 4 members (excludes halogenated alkanes) is 5. The summed E-state index contributed by atoms with van der Waals surface area (Å²) in [5.41, 5.74) is -0.328. The number of nitrogens with zero attached hydrogens (tertiary/aromatic N) is 3. The van der Waals surface area contributed by atoms with Gasteiger partial charge in [-0.3, -0.25) is 9.59 Å². The van der Waals surface area contributed by atoms with E-state index in [1.807, 2.05) is 0 Å². The Bertz CT molecular complexity index is 1170. The SMILES string of the molecule is C#CCCC1(CCNC(=O)[C@H](O)CCCCC[C@@H](CCCCCC)OC(=O)[C@@H]2CC=CN2C(=O)c2ccccc2O)N=N1. The van der Waals surface area contributed by atoms with E-state index in [1.54, 1.807) is 24.4 Å². The maximum Gasteiger partial charge on any atom is 0.329 e. The first kappa shape index (κ1) is 33.8. The maximum absolute atomic E-state index is 13.2. The van der Waals surface area contributed by atoms with E-state index in [-0.39, 0.29) is 17.4 Å². The lowest BCUT2D eigenvalue weighted by molar-refractivity contribution is -0.154. The number of ether oxygens (including phenoxy) is 1. The van der Waals surface area contributed by atoms with Crippen LogP contribution in [0.25, 0.3) is 0 Å². The van der Waals surface area contributed by atoms with Gasteiger partial charge >= 0.3 is 5.97 Å². The van der Waals surface area contributed by atoms with Crippen LogP contribution in [-0.4, -0.2) is 63.4 Å². The Morgan fingerprint density at radius 2 is 1.79 bits per heavy atom. The standard InChI is InChI=1S/C33H46N4O6/c1-3-5-7-9-15-25(43-32(42)27-18-14-24-37(27)31(41)26-17-12-13-19-28(26)38)16-10-8-11-20-29(39)30(40)34-23-22-33(35-36-33)21-6-4-2/h2,12-14,17,19,24-25,27,29,38-39H,3,5-11,15-16,18,20-23H2,1H3,(H,34,40)/t25-,27+,29-/m1/s1. The Kier molecular flexibility index (Phi) is 13.7. The monoisotopic (exact) mass is 594 g/mol. The van der Waals surface area contributed by atoms with Crippen LogP contribution in [0.2, 0.25) is 0 Å². The molecule has 0 spiro atoms. The normalized spacial score (nSPS) is 17.7. The number of nitrogens with one attached hydrogen (secondary N) is 1. The lowest BCUT2D eigenvalue weighted by Crippen LogP contribution is -2.41. The van der Waals surface area contributed by atoms with Crippen LogP contribution in [0.3, 0.4) is 0 Å². The summed E-state index contributed by atoms with van der Waals surface area (Å²) >= 11 is 0. The van der Waals surface area contributed by atoms with E-state index < -0.39 is 35.6 Å². The average molecular weight is 595 g/mol. The molecule has 0 aromatic heterocycles. The molecule has 0 unspecified atom stereocenters. The van der Waals surface area contributed by atoms with Crippen LogP contribution in [0, 0.1) is 12.3 Å². The van der Waals surface area contributed by atoms with E-state index in [2.05, 4.69) is 28.4 Å². The van der Waals surface area contributed by atoms with Gasteiger partial charge in [0.1, 0.15) is 24.0 Å². The number of phenolic OH excluding ortho intramolecular Hbond substituents is 1. The molecule has 1 aromatic carbocycles. The van der Waals surface area contributed by atoms with E-state index in [9.17, 15) is 24.6 Å². The number of aliphatic hydroxyl groups is 1. The number of para-hydroxylation sites is 1. The van der Waals surface area contributed by atoms with Crippen LogP contribution < -0.4 is 5.32 Å². The van der Waals surface area contributed by atoms with Crippen molar-refractivity contribution >= 4 is 17.8 Å². The molecule has 2 heterocycles. The van der Waals surface area contributed by atoms with Gasteiger partial charge in [-0.05, 0) is 50.7 Å². The highest BCUT2D eigenvalue weighted by Crippen LogP contribution is 2.36. The molecule has 2 aliphatic rings. The number of rotatable bonds is 20. The zero-order valence-electron chi connectivity index (χ0n) is 25.2. The number of terminal acetylenes is 1. The Morgan fingerprint density at radius 1 is 1.09 bits per heavy atom. The molecule has 0 bridgehead atoms. The molecule has 0 fully saturated rings. The summed E-state index contributed by atoms with van der Waals surface area (Å²) in [6.45, 7) is 2.52. The van der Waals surface area contributed by atoms with Crippen LogP contribution in [0.4, 0.5) is 0 Å². The predicted octanol–water partition coefficient (Wildman–Crippen LogP) is 5.40. The zero-order valence-corrected chi connectivity index (χ0v) is 25.2. The molecule has 3 atom stereocenters. The second-order valence-electron chi connectivity index (χ2n) is 11.4. The first-order valence-corrected chi connectivity index (χ1v) is 15.6. The second-order valence-corrected chi connectivity index (χ2v) is 11.4. The molecular formula is C33H46N4O6. The van der Waals surface area contributed by atoms with Gasteiger partial charge in [0.15, 0.2) is 5.66 Å². The van der Waals surface area contributed by atoms with Gasteiger partial charge in [0.05, 0.1) is 5.56 Å². The summed E-state index contributed by atoms with van der Waals surface area (Å²) in [5, 5.41) is 31.2. The van der Waals surface area contributed by atoms with Gasteiger partial charge in [-0.1, -0.05) is 57.2 Å². The minimum absolute atomic E-state index is 0.133. The quantitative estimate of drug-likeness (QED) is 0.105. The molecule has 3 N–H and O–H groups in total.